The second-order valence-electron chi connectivity index (χ2n) is 10.1. The average molecular weight is 534 g/mol. The molecule has 0 saturated carbocycles. The van der Waals surface area contributed by atoms with Gasteiger partial charge in [-0.15, -0.1) is 0 Å². The second kappa shape index (κ2) is 10.5. The van der Waals surface area contributed by atoms with Crippen molar-refractivity contribution in [3.8, 4) is 17.3 Å². The van der Waals surface area contributed by atoms with Gasteiger partial charge in [0.2, 0.25) is 17.7 Å². The number of nitrogens with one attached hydrogen (secondary N) is 1. The summed E-state index contributed by atoms with van der Waals surface area (Å²) in [6.45, 7) is 6.64. The number of piperidine rings is 1. The topological polar surface area (TPSA) is 114 Å². The largest absolute Gasteiger partial charge is 0.479 e. The van der Waals surface area contributed by atoms with Gasteiger partial charge in [0.1, 0.15) is 17.3 Å². The van der Waals surface area contributed by atoms with Crippen LogP contribution in [0.4, 0.5) is 21.8 Å². The highest BCUT2D eigenvalue weighted by Crippen LogP contribution is 2.32. The van der Waals surface area contributed by atoms with Crippen LogP contribution in [0.1, 0.15) is 38.6 Å². The fourth-order valence-electron chi connectivity index (χ4n) is 4.97. The number of aromatic nitrogens is 6. The number of nitrogens with zero attached hydrogens (tertiary/aromatic N) is 8. The first-order chi connectivity index (χ1) is 18.7. The lowest BCUT2D eigenvalue weighted by atomic mass is 10.0. The number of halogens is 1. The Morgan fingerprint density at radius 1 is 1.15 bits per heavy atom. The molecule has 1 N–H and O–H groups in total. The van der Waals surface area contributed by atoms with E-state index in [4.69, 9.17) is 4.74 Å². The van der Waals surface area contributed by atoms with Gasteiger partial charge in [0.05, 0.1) is 36.4 Å². The number of amides is 1. The summed E-state index contributed by atoms with van der Waals surface area (Å²) in [5.41, 5.74) is 2.43. The molecule has 4 aromatic heterocycles. The Morgan fingerprint density at radius 3 is 2.59 bits per heavy atom. The van der Waals surface area contributed by atoms with Crippen LogP contribution < -0.4 is 15.0 Å². The molecule has 39 heavy (non-hydrogen) atoms. The lowest BCUT2D eigenvalue weighted by molar-refractivity contribution is -0.120. The van der Waals surface area contributed by atoms with Crippen LogP contribution in [0.15, 0.2) is 30.6 Å². The zero-order chi connectivity index (χ0) is 27.8. The van der Waals surface area contributed by atoms with Crippen molar-refractivity contribution in [3.05, 3.63) is 42.2 Å². The van der Waals surface area contributed by atoms with Crippen LogP contribution in [0.2, 0.25) is 0 Å². The Balaban J connectivity index is 1.41. The van der Waals surface area contributed by atoms with E-state index < -0.39 is 5.82 Å². The fraction of sp³-hybridized carbons (Fsp3) is 0.407. The zero-order valence-electron chi connectivity index (χ0n) is 22.9. The molecule has 0 aromatic carbocycles. The maximum atomic E-state index is 15.0. The Kier molecular flexibility index (Phi) is 7.13. The Morgan fingerprint density at radius 2 is 1.95 bits per heavy atom. The highest BCUT2D eigenvalue weighted by atomic mass is 19.1. The molecule has 1 aliphatic rings. The number of fused-ring (bicyclic) bond motifs is 1. The number of carbonyl (C=O) groups excluding carboxylic acids is 1. The van der Waals surface area contributed by atoms with Gasteiger partial charge < -0.3 is 24.4 Å². The highest BCUT2D eigenvalue weighted by Gasteiger charge is 2.28. The van der Waals surface area contributed by atoms with Crippen molar-refractivity contribution in [2.75, 3.05) is 38.0 Å². The number of hydrogen-bond donors (Lipinski definition) is 1. The van der Waals surface area contributed by atoms with Gasteiger partial charge in [0.15, 0.2) is 11.3 Å². The number of rotatable bonds is 7. The Labute approximate surface area is 226 Å². The maximum Gasteiger partial charge on any atom is 0.242 e. The molecule has 0 bridgehead atoms. The van der Waals surface area contributed by atoms with Gasteiger partial charge in [-0.25, -0.2) is 29.3 Å². The fourth-order valence-corrected chi connectivity index (χ4v) is 4.97. The molecule has 5 rings (SSSR count). The van der Waals surface area contributed by atoms with Gasteiger partial charge >= 0.3 is 0 Å². The quantitative estimate of drug-likeness (QED) is 0.375. The molecule has 4 aromatic rings. The van der Waals surface area contributed by atoms with Gasteiger partial charge in [0.25, 0.3) is 0 Å². The van der Waals surface area contributed by atoms with E-state index >= 15 is 0 Å². The van der Waals surface area contributed by atoms with Crippen LogP contribution in [-0.2, 0) is 4.79 Å². The molecule has 1 aliphatic heterocycles. The molecular formula is C27H32FN9O2. The molecule has 12 heteroatoms. The third-order valence-electron chi connectivity index (χ3n) is 6.95. The number of carbonyl (C=O) groups is 1. The Bertz CT molecular complexity index is 1520. The maximum absolute atomic E-state index is 15.0. The van der Waals surface area contributed by atoms with Crippen LogP contribution in [0, 0.1) is 12.7 Å². The zero-order valence-corrected chi connectivity index (χ0v) is 22.9. The van der Waals surface area contributed by atoms with Crippen LogP contribution in [-0.4, -0.2) is 74.1 Å². The first-order valence-corrected chi connectivity index (χ1v) is 12.8. The van der Waals surface area contributed by atoms with Gasteiger partial charge in [0, 0.05) is 25.0 Å². The smallest absolute Gasteiger partial charge is 0.242 e. The van der Waals surface area contributed by atoms with E-state index in [2.05, 4.69) is 35.1 Å². The molecule has 1 atom stereocenters. The SMILES string of the molecule is COc1nc(-c2nc(Nc3ccc(N4CC[C@H](N(C)C)CC4=O)cn3)ncc2F)cc2c1nc(C)n2C(C)C. The van der Waals surface area contributed by atoms with Crippen LogP contribution in [0.5, 0.6) is 5.88 Å². The van der Waals surface area contributed by atoms with E-state index in [1.165, 1.54) is 7.11 Å². The monoisotopic (exact) mass is 533 g/mol. The van der Waals surface area contributed by atoms with Crippen molar-refractivity contribution in [1.82, 2.24) is 34.4 Å². The molecule has 1 amide bonds. The summed E-state index contributed by atoms with van der Waals surface area (Å²) < 4.78 is 22.5. The molecule has 1 fully saturated rings. The van der Waals surface area contributed by atoms with E-state index in [1.54, 1.807) is 23.2 Å². The number of imidazole rings is 1. The lowest BCUT2D eigenvalue weighted by Gasteiger charge is -2.34. The van der Waals surface area contributed by atoms with Gasteiger partial charge in [-0.2, -0.15) is 0 Å². The van der Waals surface area contributed by atoms with Crippen molar-refractivity contribution in [2.45, 2.75) is 45.7 Å². The number of anilines is 3. The summed E-state index contributed by atoms with van der Waals surface area (Å²) in [4.78, 5) is 38.5. The second-order valence-corrected chi connectivity index (χ2v) is 10.1. The van der Waals surface area contributed by atoms with Crippen LogP contribution >= 0.6 is 0 Å². The third kappa shape index (κ3) is 5.11. The average Bonchev–Trinajstić information content (AvgIpc) is 3.25. The summed E-state index contributed by atoms with van der Waals surface area (Å²) in [5, 5.41) is 3.02. The molecule has 0 radical (unpaired) electrons. The molecule has 1 saturated heterocycles. The minimum atomic E-state index is -0.621. The van der Waals surface area contributed by atoms with E-state index in [0.717, 1.165) is 29.6 Å². The summed E-state index contributed by atoms with van der Waals surface area (Å²) in [6, 6.07) is 5.70. The standard InChI is InChI=1S/C27H32FN9O2/c1-15(2)37-16(3)31-25-21(37)12-20(32-26(25)39-6)24-19(28)14-30-27(34-24)33-22-8-7-18(13-29-22)36-10-9-17(35(4)5)11-23(36)38/h7-8,12-15,17H,9-11H2,1-6H3,(H,29,30,33,34)/t17-/m0/s1. The lowest BCUT2D eigenvalue weighted by Crippen LogP contribution is -2.45. The minimum absolute atomic E-state index is 0.0211. The third-order valence-corrected chi connectivity index (χ3v) is 6.95. The Hall–Kier alpha value is -4.19. The molecule has 0 aliphatic carbocycles. The summed E-state index contributed by atoms with van der Waals surface area (Å²) >= 11 is 0. The normalized spacial score (nSPS) is 16.0. The van der Waals surface area contributed by atoms with Crippen molar-refractivity contribution >= 4 is 34.4 Å². The van der Waals surface area contributed by atoms with Gasteiger partial charge in [-0.05, 0) is 59.5 Å². The van der Waals surface area contributed by atoms with E-state index in [1.807, 2.05) is 45.5 Å². The number of hydrogen-bond acceptors (Lipinski definition) is 9. The predicted molar refractivity (Wildman–Crippen MR) is 147 cm³/mol. The first-order valence-electron chi connectivity index (χ1n) is 12.8. The summed E-state index contributed by atoms with van der Waals surface area (Å²) in [5.74, 6) is 1.16. The van der Waals surface area contributed by atoms with E-state index in [9.17, 15) is 9.18 Å². The number of pyridine rings is 2. The molecule has 5 heterocycles. The number of aryl methyl sites for hydroxylation is 1. The molecule has 11 nitrogen and oxygen atoms in total. The summed E-state index contributed by atoms with van der Waals surface area (Å²) in [7, 11) is 5.49. The van der Waals surface area contributed by atoms with E-state index in [-0.39, 0.29) is 29.6 Å². The van der Waals surface area contributed by atoms with Crippen molar-refractivity contribution < 1.29 is 13.9 Å². The first kappa shape index (κ1) is 26.4. The van der Waals surface area contributed by atoms with Crippen molar-refractivity contribution in [1.29, 1.82) is 0 Å². The van der Waals surface area contributed by atoms with Gasteiger partial charge in [-0.1, -0.05) is 0 Å². The minimum Gasteiger partial charge on any atom is -0.479 e. The summed E-state index contributed by atoms with van der Waals surface area (Å²) in [6.07, 6.45) is 4.10. The highest BCUT2D eigenvalue weighted by molar-refractivity contribution is 5.94. The van der Waals surface area contributed by atoms with Crippen LogP contribution in [0.3, 0.4) is 0 Å². The van der Waals surface area contributed by atoms with Gasteiger partial charge in [-0.3, -0.25) is 4.79 Å². The predicted octanol–water partition coefficient (Wildman–Crippen LogP) is 4.12. The molecular weight excluding hydrogens is 501 g/mol. The van der Waals surface area contributed by atoms with Crippen molar-refractivity contribution in [3.63, 3.8) is 0 Å². The van der Waals surface area contributed by atoms with Crippen LogP contribution in [0.25, 0.3) is 22.4 Å². The molecule has 0 spiro atoms. The molecule has 204 valence electrons. The van der Waals surface area contributed by atoms with Crippen molar-refractivity contribution in [2.24, 2.45) is 0 Å². The molecule has 0 unspecified atom stereocenters. The number of ether oxygens (including phenoxy) is 1. The number of methoxy groups -OCH3 is 1. The van der Waals surface area contributed by atoms with E-state index in [0.29, 0.717) is 35.9 Å².